The van der Waals surface area contributed by atoms with Crippen LogP contribution in [-0.2, 0) is 9.59 Å². The van der Waals surface area contributed by atoms with E-state index in [2.05, 4.69) is 5.32 Å². The van der Waals surface area contributed by atoms with E-state index in [1.165, 1.54) is 13.8 Å². The Labute approximate surface area is 173 Å². The fraction of sp³-hybridized carbons (Fsp3) is 0.190. The first-order valence-electron chi connectivity index (χ1n) is 9.05. The molecule has 3 N–H and O–H groups in total. The molecule has 0 saturated heterocycles. The van der Waals surface area contributed by atoms with E-state index in [9.17, 15) is 32.7 Å². The maximum Gasteiger partial charge on any atom is 0.322 e. The van der Waals surface area contributed by atoms with Gasteiger partial charge in [-0.25, -0.2) is 13.2 Å². The predicted octanol–water partition coefficient (Wildman–Crippen LogP) is 3.07. The SMILES string of the molecule is Cc1c([C@H](C)C(=O)NCC(=O)O)c2cc(O)c(F)cc2n1C(=O)c1ccc(F)c(F)c1. The molecule has 1 amide bonds. The van der Waals surface area contributed by atoms with Crippen molar-refractivity contribution < 1.29 is 37.8 Å². The Morgan fingerprint density at radius 2 is 1.74 bits per heavy atom. The Morgan fingerprint density at radius 3 is 2.35 bits per heavy atom. The molecule has 1 aromatic heterocycles. The highest BCUT2D eigenvalue weighted by Gasteiger charge is 2.28. The minimum absolute atomic E-state index is 0.00424. The maximum atomic E-state index is 14.1. The Morgan fingerprint density at radius 1 is 1.06 bits per heavy atom. The number of aromatic nitrogens is 1. The number of hydrogen-bond donors (Lipinski definition) is 3. The number of aliphatic carboxylic acids is 1. The van der Waals surface area contributed by atoms with Gasteiger partial charge in [0.1, 0.15) is 6.54 Å². The third-order valence-electron chi connectivity index (χ3n) is 4.93. The maximum absolute atomic E-state index is 14.1. The van der Waals surface area contributed by atoms with Gasteiger partial charge in [-0.2, -0.15) is 0 Å². The Bertz CT molecular complexity index is 1240. The third-order valence-corrected chi connectivity index (χ3v) is 4.93. The number of benzene rings is 2. The molecule has 0 aliphatic carbocycles. The zero-order valence-corrected chi connectivity index (χ0v) is 16.4. The van der Waals surface area contributed by atoms with Crippen LogP contribution in [0.2, 0.25) is 0 Å². The molecule has 0 aliphatic heterocycles. The van der Waals surface area contributed by atoms with E-state index >= 15 is 0 Å². The average molecular weight is 434 g/mol. The van der Waals surface area contributed by atoms with Crippen molar-refractivity contribution >= 4 is 28.7 Å². The summed E-state index contributed by atoms with van der Waals surface area (Å²) < 4.78 is 42.0. The number of aromatic hydroxyl groups is 1. The van der Waals surface area contributed by atoms with Crippen LogP contribution in [0.25, 0.3) is 10.9 Å². The number of phenols is 1. The van der Waals surface area contributed by atoms with E-state index in [0.717, 1.165) is 28.8 Å². The summed E-state index contributed by atoms with van der Waals surface area (Å²) in [6.07, 6.45) is 0. The molecule has 1 heterocycles. The van der Waals surface area contributed by atoms with Gasteiger partial charge in [0, 0.05) is 22.7 Å². The molecule has 0 saturated carbocycles. The smallest absolute Gasteiger partial charge is 0.322 e. The van der Waals surface area contributed by atoms with Crippen LogP contribution in [-0.4, -0.2) is 39.1 Å². The number of hydrogen-bond acceptors (Lipinski definition) is 4. The monoisotopic (exact) mass is 434 g/mol. The zero-order chi connectivity index (χ0) is 23.0. The van der Waals surface area contributed by atoms with Crippen molar-refractivity contribution in [2.75, 3.05) is 6.54 Å². The van der Waals surface area contributed by atoms with Gasteiger partial charge in [-0.15, -0.1) is 0 Å². The molecule has 162 valence electrons. The second kappa shape index (κ2) is 8.13. The summed E-state index contributed by atoms with van der Waals surface area (Å²) in [6.45, 7) is 2.28. The molecule has 0 aliphatic rings. The number of fused-ring (bicyclic) bond motifs is 1. The van der Waals surface area contributed by atoms with E-state index in [4.69, 9.17) is 5.11 Å². The summed E-state index contributed by atoms with van der Waals surface area (Å²) in [5.74, 6) is -7.86. The molecule has 0 unspecified atom stereocenters. The zero-order valence-electron chi connectivity index (χ0n) is 16.4. The highest BCUT2D eigenvalue weighted by atomic mass is 19.2. The van der Waals surface area contributed by atoms with Gasteiger partial charge in [-0.05, 0) is 43.7 Å². The molecular formula is C21H17F3N2O5. The molecule has 1 atom stereocenters. The van der Waals surface area contributed by atoms with E-state index in [1.54, 1.807) is 0 Å². The summed E-state index contributed by atoms with van der Waals surface area (Å²) in [7, 11) is 0. The lowest BCUT2D eigenvalue weighted by atomic mass is 9.97. The molecule has 3 rings (SSSR count). The van der Waals surface area contributed by atoms with E-state index < -0.39 is 53.4 Å². The fourth-order valence-electron chi connectivity index (χ4n) is 3.46. The standard InChI is InChI=1S/C21H17F3N2O5/c1-9(20(30)25-8-18(28)29)19-10(2)26(16-7-15(24)17(27)6-12(16)19)21(31)11-3-4-13(22)14(23)5-11/h3-7,9,27H,8H2,1-2H3,(H,25,30)(H,28,29)/t9-/m0/s1. The Balaban J connectivity index is 2.20. The number of phenolic OH excluding ortho intramolecular Hbond substituents is 1. The molecule has 3 aromatic rings. The van der Waals surface area contributed by atoms with E-state index in [0.29, 0.717) is 6.07 Å². The largest absolute Gasteiger partial charge is 0.505 e. The van der Waals surface area contributed by atoms with Crippen LogP contribution in [0.1, 0.15) is 34.5 Å². The molecule has 0 radical (unpaired) electrons. The quantitative estimate of drug-likeness (QED) is 0.572. The number of halogens is 3. The van der Waals surface area contributed by atoms with Crippen LogP contribution in [0.5, 0.6) is 5.75 Å². The predicted molar refractivity (Wildman–Crippen MR) is 103 cm³/mol. The Hall–Kier alpha value is -3.82. The number of carbonyl (C=O) groups is 3. The van der Waals surface area contributed by atoms with Crippen molar-refractivity contribution in [3.63, 3.8) is 0 Å². The van der Waals surface area contributed by atoms with Crippen LogP contribution in [0.4, 0.5) is 13.2 Å². The van der Waals surface area contributed by atoms with Crippen molar-refractivity contribution in [3.05, 3.63) is 64.6 Å². The number of nitrogens with one attached hydrogen (secondary N) is 1. The number of rotatable bonds is 5. The van der Waals surface area contributed by atoms with Gasteiger partial charge in [0.2, 0.25) is 5.91 Å². The van der Waals surface area contributed by atoms with Crippen LogP contribution in [0.15, 0.2) is 30.3 Å². The second-order valence-electron chi connectivity index (χ2n) is 6.92. The lowest BCUT2D eigenvalue weighted by Gasteiger charge is -2.13. The van der Waals surface area contributed by atoms with Crippen LogP contribution < -0.4 is 5.32 Å². The first-order valence-corrected chi connectivity index (χ1v) is 9.05. The van der Waals surface area contributed by atoms with Crippen molar-refractivity contribution in [2.24, 2.45) is 0 Å². The highest BCUT2D eigenvalue weighted by molar-refractivity contribution is 6.05. The van der Waals surface area contributed by atoms with Gasteiger partial charge >= 0.3 is 5.97 Å². The van der Waals surface area contributed by atoms with Crippen molar-refractivity contribution in [3.8, 4) is 5.75 Å². The molecule has 2 aromatic carbocycles. The minimum Gasteiger partial charge on any atom is -0.505 e. The van der Waals surface area contributed by atoms with Gasteiger partial charge in [-0.3, -0.25) is 19.0 Å². The molecule has 0 fully saturated rings. The van der Waals surface area contributed by atoms with Gasteiger partial charge in [0.05, 0.1) is 11.4 Å². The van der Waals surface area contributed by atoms with Gasteiger partial charge in [-0.1, -0.05) is 0 Å². The molecule has 10 heteroatoms. The normalized spacial score (nSPS) is 12.0. The summed E-state index contributed by atoms with van der Waals surface area (Å²) >= 11 is 0. The summed E-state index contributed by atoms with van der Waals surface area (Å²) in [4.78, 5) is 36.2. The van der Waals surface area contributed by atoms with Gasteiger partial charge < -0.3 is 15.5 Å². The molecule has 7 nitrogen and oxygen atoms in total. The minimum atomic E-state index is -1.26. The highest BCUT2D eigenvalue weighted by Crippen LogP contribution is 2.36. The molecule has 0 spiro atoms. The fourth-order valence-corrected chi connectivity index (χ4v) is 3.46. The Kier molecular flexibility index (Phi) is 5.74. The lowest BCUT2D eigenvalue weighted by Crippen LogP contribution is -2.32. The first kappa shape index (κ1) is 21.9. The molecule has 0 bridgehead atoms. The number of carboxylic acid groups (broad SMARTS) is 1. The van der Waals surface area contributed by atoms with E-state index in [-0.39, 0.29) is 27.7 Å². The number of amides is 1. The third kappa shape index (κ3) is 3.96. The molecular weight excluding hydrogens is 417 g/mol. The average Bonchev–Trinajstić information content (AvgIpc) is 2.98. The van der Waals surface area contributed by atoms with Crippen LogP contribution in [0.3, 0.4) is 0 Å². The van der Waals surface area contributed by atoms with Crippen LogP contribution >= 0.6 is 0 Å². The number of carboxylic acids is 1. The van der Waals surface area contributed by atoms with Crippen molar-refractivity contribution in [1.82, 2.24) is 9.88 Å². The summed E-state index contributed by atoms with van der Waals surface area (Å²) in [5.41, 5.74) is 0.203. The summed E-state index contributed by atoms with van der Waals surface area (Å²) in [5, 5.41) is 21.0. The molecule has 31 heavy (non-hydrogen) atoms. The second-order valence-corrected chi connectivity index (χ2v) is 6.92. The van der Waals surface area contributed by atoms with E-state index in [1.807, 2.05) is 0 Å². The van der Waals surface area contributed by atoms with Gasteiger partial charge in [0.25, 0.3) is 5.91 Å². The van der Waals surface area contributed by atoms with Gasteiger partial charge in [0.15, 0.2) is 23.2 Å². The number of nitrogens with zero attached hydrogens (tertiary/aromatic N) is 1. The van der Waals surface area contributed by atoms with Crippen LogP contribution in [0, 0.1) is 24.4 Å². The summed E-state index contributed by atoms with van der Waals surface area (Å²) in [6, 6.07) is 4.47. The van der Waals surface area contributed by atoms with Crippen molar-refractivity contribution in [2.45, 2.75) is 19.8 Å². The lowest BCUT2D eigenvalue weighted by molar-refractivity contribution is -0.138. The topological polar surface area (TPSA) is 109 Å². The first-order chi connectivity index (χ1) is 14.5. The number of carbonyl (C=O) groups excluding carboxylic acids is 2. The van der Waals surface area contributed by atoms with Crippen molar-refractivity contribution in [1.29, 1.82) is 0 Å².